The molecule has 0 amide bonds. The van der Waals surface area contributed by atoms with Crippen LogP contribution in [-0.2, 0) is 10.6 Å². The van der Waals surface area contributed by atoms with Crippen molar-refractivity contribution in [1.82, 2.24) is 15.0 Å². The second-order valence-electron chi connectivity index (χ2n) is 4.48. The first-order valence-electron chi connectivity index (χ1n) is 6.45. The van der Waals surface area contributed by atoms with Crippen LogP contribution < -0.4 is 0 Å². The minimum atomic E-state index is -0.435. The minimum absolute atomic E-state index is 0.234. The van der Waals surface area contributed by atoms with Crippen LogP contribution >= 0.6 is 11.6 Å². The highest BCUT2D eigenvalue weighted by Crippen LogP contribution is 2.29. The third-order valence-electron chi connectivity index (χ3n) is 3.31. The monoisotopic (exact) mass is 271 g/mol. The Morgan fingerprint density at radius 2 is 2.17 bits per heavy atom. The smallest absolute Gasteiger partial charge is 0.360 e. The molecule has 1 fully saturated rings. The van der Waals surface area contributed by atoms with E-state index in [9.17, 15) is 4.79 Å². The van der Waals surface area contributed by atoms with Gasteiger partial charge >= 0.3 is 5.97 Å². The Hall–Kier alpha value is -1.10. The largest absolute Gasteiger partial charge is 0.461 e. The number of hydrogen-bond donors (Lipinski definition) is 0. The summed E-state index contributed by atoms with van der Waals surface area (Å²) in [5, 5.41) is 8.03. The number of hydrogen-bond acceptors (Lipinski definition) is 4. The van der Waals surface area contributed by atoms with Crippen molar-refractivity contribution in [3.05, 3.63) is 11.4 Å². The minimum Gasteiger partial charge on any atom is -0.461 e. The van der Waals surface area contributed by atoms with Crippen LogP contribution in [0.5, 0.6) is 0 Å². The summed E-state index contributed by atoms with van der Waals surface area (Å²) in [5.74, 6) is -0.201. The van der Waals surface area contributed by atoms with Crippen molar-refractivity contribution < 1.29 is 9.53 Å². The van der Waals surface area contributed by atoms with E-state index in [1.165, 1.54) is 19.3 Å². The Labute approximate surface area is 111 Å². The van der Waals surface area contributed by atoms with Gasteiger partial charge in [-0.15, -0.1) is 16.7 Å². The predicted octanol–water partition coefficient (Wildman–Crippen LogP) is 2.70. The van der Waals surface area contributed by atoms with E-state index in [-0.39, 0.29) is 11.6 Å². The van der Waals surface area contributed by atoms with Gasteiger partial charge in [0.25, 0.3) is 0 Å². The summed E-state index contributed by atoms with van der Waals surface area (Å²) in [6.45, 7) is 2.10. The summed E-state index contributed by atoms with van der Waals surface area (Å²) in [7, 11) is 0. The van der Waals surface area contributed by atoms with Gasteiger partial charge in [-0.05, 0) is 19.8 Å². The molecule has 0 spiro atoms. The molecule has 0 N–H and O–H groups in total. The fourth-order valence-electron chi connectivity index (χ4n) is 2.41. The summed E-state index contributed by atoms with van der Waals surface area (Å²) in [6.07, 6.45) is 5.82. The van der Waals surface area contributed by atoms with E-state index in [1.807, 2.05) is 4.68 Å². The quantitative estimate of drug-likeness (QED) is 0.624. The van der Waals surface area contributed by atoms with E-state index >= 15 is 0 Å². The average Bonchev–Trinajstić information content (AvgIpc) is 2.83. The summed E-state index contributed by atoms with van der Waals surface area (Å²) < 4.78 is 6.78. The molecular weight excluding hydrogens is 254 g/mol. The summed E-state index contributed by atoms with van der Waals surface area (Å²) in [6, 6.07) is 0.322. The van der Waals surface area contributed by atoms with Crippen LogP contribution in [0, 0.1) is 0 Å². The van der Waals surface area contributed by atoms with E-state index in [1.54, 1.807) is 6.92 Å². The molecular formula is C12H18ClN3O2. The highest BCUT2D eigenvalue weighted by Gasteiger charge is 2.25. The van der Waals surface area contributed by atoms with Crippen molar-refractivity contribution >= 4 is 17.6 Å². The number of carbonyl (C=O) groups is 1. The van der Waals surface area contributed by atoms with Gasteiger partial charge in [-0.2, -0.15) is 0 Å². The number of esters is 1. The predicted molar refractivity (Wildman–Crippen MR) is 67.7 cm³/mol. The highest BCUT2D eigenvalue weighted by atomic mass is 35.5. The molecule has 1 heterocycles. The highest BCUT2D eigenvalue weighted by molar-refractivity contribution is 6.17. The summed E-state index contributed by atoms with van der Waals surface area (Å²) >= 11 is 5.93. The maximum Gasteiger partial charge on any atom is 0.360 e. The zero-order valence-electron chi connectivity index (χ0n) is 10.6. The van der Waals surface area contributed by atoms with Crippen LogP contribution in [-0.4, -0.2) is 27.6 Å². The lowest BCUT2D eigenvalue weighted by atomic mass is 9.95. The molecule has 0 atom stereocenters. The Bertz CT molecular complexity index is 413. The van der Waals surface area contributed by atoms with Gasteiger partial charge in [-0.1, -0.05) is 24.5 Å². The first-order chi connectivity index (χ1) is 8.77. The number of aromatic nitrogens is 3. The maximum atomic E-state index is 11.7. The van der Waals surface area contributed by atoms with Gasteiger partial charge in [-0.3, -0.25) is 0 Å². The number of ether oxygens (including phenoxy) is 1. The molecule has 5 nitrogen and oxygen atoms in total. The molecule has 1 aromatic heterocycles. The van der Waals surface area contributed by atoms with Crippen molar-refractivity contribution in [3.8, 4) is 0 Å². The second kappa shape index (κ2) is 6.18. The number of nitrogens with zero attached hydrogens (tertiary/aromatic N) is 3. The van der Waals surface area contributed by atoms with Crippen LogP contribution in [0.2, 0.25) is 0 Å². The molecule has 0 aliphatic heterocycles. The van der Waals surface area contributed by atoms with Gasteiger partial charge < -0.3 is 4.74 Å². The lowest BCUT2D eigenvalue weighted by Gasteiger charge is -2.22. The third kappa shape index (κ3) is 2.66. The molecule has 100 valence electrons. The van der Waals surface area contributed by atoms with E-state index in [0.717, 1.165) is 12.8 Å². The molecule has 2 rings (SSSR count). The Kier molecular flexibility index (Phi) is 4.58. The Morgan fingerprint density at radius 3 is 2.78 bits per heavy atom. The molecule has 0 bridgehead atoms. The normalized spacial score (nSPS) is 16.8. The van der Waals surface area contributed by atoms with E-state index in [4.69, 9.17) is 16.3 Å². The fourth-order valence-corrected chi connectivity index (χ4v) is 2.66. The number of halogens is 1. The van der Waals surface area contributed by atoms with E-state index in [2.05, 4.69) is 10.3 Å². The molecule has 0 saturated heterocycles. The Balaban J connectivity index is 2.23. The van der Waals surface area contributed by atoms with E-state index < -0.39 is 5.97 Å². The summed E-state index contributed by atoms with van der Waals surface area (Å²) in [4.78, 5) is 11.7. The molecule has 18 heavy (non-hydrogen) atoms. The zero-order valence-corrected chi connectivity index (χ0v) is 11.3. The number of rotatable bonds is 4. The van der Waals surface area contributed by atoms with Crippen molar-refractivity contribution in [3.63, 3.8) is 0 Å². The summed E-state index contributed by atoms with van der Waals surface area (Å²) in [5.41, 5.74) is 0.944. The van der Waals surface area contributed by atoms with Crippen LogP contribution in [0.1, 0.15) is 61.3 Å². The standard InChI is InChI=1S/C12H18ClN3O2/c1-2-18-12(17)11-10(8-13)16(15-14-11)9-6-4-3-5-7-9/h9H,2-8H2,1H3. The first kappa shape index (κ1) is 13.3. The molecule has 1 aliphatic carbocycles. The molecule has 6 heteroatoms. The first-order valence-corrected chi connectivity index (χ1v) is 6.98. The van der Waals surface area contributed by atoms with Crippen molar-refractivity contribution in [2.24, 2.45) is 0 Å². The Morgan fingerprint density at radius 1 is 1.44 bits per heavy atom. The lowest BCUT2D eigenvalue weighted by molar-refractivity contribution is 0.0518. The number of carbonyl (C=O) groups excluding carboxylic acids is 1. The second-order valence-corrected chi connectivity index (χ2v) is 4.74. The SMILES string of the molecule is CCOC(=O)c1nnn(C2CCCCC2)c1CCl. The van der Waals surface area contributed by atoms with Gasteiger partial charge in [0.1, 0.15) is 0 Å². The third-order valence-corrected chi connectivity index (χ3v) is 3.56. The molecule has 1 aliphatic rings. The van der Waals surface area contributed by atoms with Gasteiger partial charge in [0.15, 0.2) is 5.69 Å². The van der Waals surface area contributed by atoms with Crippen molar-refractivity contribution in [2.75, 3.05) is 6.61 Å². The van der Waals surface area contributed by atoms with Crippen LogP contribution in [0.15, 0.2) is 0 Å². The molecule has 0 radical (unpaired) electrons. The fraction of sp³-hybridized carbons (Fsp3) is 0.750. The zero-order chi connectivity index (χ0) is 13.0. The molecule has 1 saturated carbocycles. The van der Waals surface area contributed by atoms with Crippen LogP contribution in [0.25, 0.3) is 0 Å². The molecule has 1 aromatic rings. The van der Waals surface area contributed by atoms with Gasteiger partial charge in [0.2, 0.25) is 0 Å². The maximum absolute atomic E-state index is 11.7. The van der Waals surface area contributed by atoms with Gasteiger partial charge in [-0.25, -0.2) is 9.48 Å². The van der Waals surface area contributed by atoms with Crippen LogP contribution in [0.3, 0.4) is 0 Å². The molecule has 0 aromatic carbocycles. The van der Waals surface area contributed by atoms with Crippen molar-refractivity contribution in [2.45, 2.75) is 50.9 Å². The van der Waals surface area contributed by atoms with Gasteiger partial charge in [0, 0.05) is 0 Å². The van der Waals surface area contributed by atoms with E-state index in [0.29, 0.717) is 18.3 Å². The average molecular weight is 272 g/mol. The van der Waals surface area contributed by atoms with Gasteiger partial charge in [0.05, 0.1) is 24.2 Å². The van der Waals surface area contributed by atoms with Crippen LogP contribution in [0.4, 0.5) is 0 Å². The molecule has 0 unspecified atom stereocenters. The van der Waals surface area contributed by atoms with Crippen molar-refractivity contribution in [1.29, 1.82) is 0 Å². The lowest BCUT2D eigenvalue weighted by Crippen LogP contribution is -2.17. The number of alkyl halides is 1. The topological polar surface area (TPSA) is 57.0 Å².